The van der Waals surface area contributed by atoms with Crippen molar-refractivity contribution in [2.45, 2.75) is 38.6 Å². The first-order valence-corrected chi connectivity index (χ1v) is 7.82. The second-order valence-electron chi connectivity index (χ2n) is 6.13. The molecule has 1 atom stereocenters. The molecule has 0 bridgehead atoms. The van der Waals surface area contributed by atoms with E-state index in [9.17, 15) is 5.11 Å². The van der Waals surface area contributed by atoms with Gasteiger partial charge in [0.15, 0.2) is 0 Å². The van der Waals surface area contributed by atoms with E-state index in [2.05, 4.69) is 36.9 Å². The van der Waals surface area contributed by atoms with Crippen LogP contribution < -0.4 is 0 Å². The Kier molecular flexibility index (Phi) is 5.44. The molecule has 0 amide bonds. The van der Waals surface area contributed by atoms with Gasteiger partial charge in [0, 0.05) is 19.1 Å². The minimum absolute atomic E-state index is 0.403. The van der Waals surface area contributed by atoms with Gasteiger partial charge in [-0.25, -0.2) is 0 Å². The highest BCUT2D eigenvalue weighted by Gasteiger charge is 2.25. The minimum Gasteiger partial charge on any atom is -0.508 e. The van der Waals surface area contributed by atoms with Crippen molar-refractivity contribution >= 4 is 0 Å². The molecule has 2 rings (SSSR count). The Bertz CT molecular complexity index is 431. The van der Waals surface area contributed by atoms with Crippen LogP contribution >= 0.6 is 0 Å². The van der Waals surface area contributed by atoms with Crippen LogP contribution in [0.1, 0.15) is 43.4 Å². The van der Waals surface area contributed by atoms with Crippen LogP contribution in [0.3, 0.4) is 0 Å². The highest BCUT2D eigenvalue weighted by Crippen LogP contribution is 2.36. The first-order valence-electron chi connectivity index (χ1n) is 7.82. The number of phenolic OH excluding ortho intramolecular Hbond substituents is 1. The molecule has 0 aromatic heterocycles. The third-order valence-electron chi connectivity index (χ3n) is 4.20. The summed E-state index contributed by atoms with van der Waals surface area (Å²) in [5, 5.41) is 9.81. The van der Waals surface area contributed by atoms with Gasteiger partial charge >= 0.3 is 0 Å². The van der Waals surface area contributed by atoms with Gasteiger partial charge in [-0.1, -0.05) is 13.0 Å². The second kappa shape index (κ2) is 7.09. The van der Waals surface area contributed by atoms with Crippen molar-refractivity contribution in [1.29, 1.82) is 0 Å². The molecule has 0 spiro atoms. The number of hydrogen-bond donors (Lipinski definition) is 1. The molecule has 3 heteroatoms. The van der Waals surface area contributed by atoms with Crippen LogP contribution in [0, 0.1) is 0 Å². The van der Waals surface area contributed by atoms with Crippen LogP contribution in [-0.4, -0.2) is 48.6 Å². The van der Waals surface area contributed by atoms with E-state index in [1.54, 1.807) is 0 Å². The fourth-order valence-corrected chi connectivity index (χ4v) is 3.18. The molecule has 0 fully saturated rings. The maximum Gasteiger partial charge on any atom is 0.115 e. The van der Waals surface area contributed by atoms with E-state index in [4.69, 9.17) is 0 Å². The Morgan fingerprint density at radius 3 is 2.70 bits per heavy atom. The zero-order chi connectivity index (χ0) is 14.5. The highest BCUT2D eigenvalue weighted by molar-refractivity contribution is 5.38. The molecular weight excluding hydrogens is 248 g/mol. The highest BCUT2D eigenvalue weighted by atomic mass is 16.3. The third-order valence-corrected chi connectivity index (χ3v) is 4.20. The third kappa shape index (κ3) is 3.74. The molecular formula is C17H28N2O. The molecule has 1 aromatic carbocycles. The number of aromatic hydroxyl groups is 1. The van der Waals surface area contributed by atoms with Crippen molar-refractivity contribution in [3.05, 3.63) is 29.3 Å². The largest absolute Gasteiger partial charge is 0.508 e. The number of phenols is 1. The first kappa shape index (κ1) is 15.3. The van der Waals surface area contributed by atoms with E-state index in [0.717, 1.165) is 26.1 Å². The van der Waals surface area contributed by atoms with Crippen molar-refractivity contribution in [2.24, 2.45) is 0 Å². The van der Waals surface area contributed by atoms with Gasteiger partial charge in [-0.3, -0.25) is 4.90 Å². The molecule has 20 heavy (non-hydrogen) atoms. The van der Waals surface area contributed by atoms with E-state index < -0.39 is 0 Å². The number of benzene rings is 1. The predicted molar refractivity (Wildman–Crippen MR) is 84.2 cm³/mol. The van der Waals surface area contributed by atoms with E-state index in [-0.39, 0.29) is 0 Å². The molecule has 0 aliphatic heterocycles. The number of hydrogen-bond acceptors (Lipinski definition) is 3. The van der Waals surface area contributed by atoms with Crippen LogP contribution in [0.25, 0.3) is 0 Å². The van der Waals surface area contributed by atoms with Crippen LogP contribution in [0.4, 0.5) is 0 Å². The van der Waals surface area contributed by atoms with Gasteiger partial charge in [0.2, 0.25) is 0 Å². The number of fused-ring (bicyclic) bond motifs is 1. The monoisotopic (exact) mass is 276 g/mol. The van der Waals surface area contributed by atoms with Gasteiger partial charge in [-0.05, 0) is 69.6 Å². The van der Waals surface area contributed by atoms with Gasteiger partial charge in [0.05, 0.1) is 0 Å². The normalized spacial score (nSPS) is 18.6. The van der Waals surface area contributed by atoms with Crippen LogP contribution in [-0.2, 0) is 6.42 Å². The molecule has 0 radical (unpaired) electrons. The molecule has 1 N–H and O–H groups in total. The van der Waals surface area contributed by atoms with Gasteiger partial charge < -0.3 is 10.0 Å². The fraction of sp³-hybridized carbons (Fsp3) is 0.647. The zero-order valence-corrected chi connectivity index (χ0v) is 13.1. The Hall–Kier alpha value is -1.06. The molecule has 112 valence electrons. The van der Waals surface area contributed by atoms with Gasteiger partial charge in [0.25, 0.3) is 0 Å². The quantitative estimate of drug-likeness (QED) is 0.865. The average molecular weight is 276 g/mol. The topological polar surface area (TPSA) is 26.7 Å². The minimum atomic E-state index is 0.403. The molecule has 1 unspecified atom stereocenters. The van der Waals surface area contributed by atoms with Crippen molar-refractivity contribution < 1.29 is 5.11 Å². The Morgan fingerprint density at radius 1 is 1.20 bits per heavy atom. The van der Waals surface area contributed by atoms with Crippen molar-refractivity contribution in [3.63, 3.8) is 0 Å². The average Bonchev–Trinajstić information content (AvgIpc) is 2.42. The van der Waals surface area contributed by atoms with Gasteiger partial charge in [-0.2, -0.15) is 0 Å². The van der Waals surface area contributed by atoms with E-state index in [0.29, 0.717) is 11.8 Å². The summed E-state index contributed by atoms with van der Waals surface area (Å²) in [6, 6.07) is 6.39. The van der Waals surface area contributed by atoms with E-state index in [1.165, 1.54) is 30.4 Å². The zero-order valence-electron chi connectivity index (χ0n) is 13.1. The molecule has 1 aromatic rings. The SMILES string of the molecule is CCCN(CCN(C)C)C1CCCc2ccc(O)cc21. The number of likely N-dealkylation sites (N-methyl/N-ethyl adjacent to an activating group) is 1. The molecule has 0 heterocycles. The van der Waals surface area contributed by atoms with Crippen molar-refractivity contribution in [1.82, 2.24) is 9.80 Å². The second-order valence-corrected chi connectivity index (χ2v) is 6.13. The lowest BCUT2D eigenvalue weighted by atomic mass is 9.86. The van der Waals surface area contributed by atoms with Gasteiger partial charge in [-0.15, -0.1) is 0 Å². The number of nitrogens with zero attached hydrogens (tertiary/aromatic N) is 2. The van der Waals surface area contributed by atoms with Crippen molar-refractivity contribution in [3.8, 4) is 5.75 Å². The predicted octanol–water partition coefficient (Wildman–Crippen LogP) is 3.04. The summed E-state index contributed by atoms with van der Waals surface area (Å²) in [7, 11) is 4.26. The number of aryl methyl sites for hydroxylation is 1. The van der Waals surface area contributed by atoms with Gasteiger partial charge in [0.1, 0.15) is 5.75 Å². The molecule has 0 saturated heterocycles. The smallest absolute Gasteiger partial charge is 0.115 e. The summed E-state index contributed by atoms with van der Waals surface area (Å²) >= 11 is 0. The molecule has 1 aliphatic carbocycles. The summed E-state index contributed by atoms with van der Waals surface area (Å²) in [4.78, 5) is 4.84. The summed E-state index contributed by atoms with van der Waals surface area (Å²) in [6.45, 7) is 5.56. The van der Waals surface area contributed by atoms with E-state index >= 15 is 0 Å². The maximum atomic E-state index is 9.81. The van der Waals surface area contributed by atoms with Crippen LogP contribution in [0.2, 0.25) is 0 Å². The lowest BCUT2D eigenvalue weighted by Crippen LogP contribution is -2.37. The standard InChI is InChI=1S/C17H28N2O/c1-4-10-19(12-11-18(2)3)17-7-5-6-14-8-9-15(20)13-16(14)17/h8-9,13,17,20H,4-7,10-12H2,1-3H3. The molecule has 3 nitrogen and oxygen atoms in total. The first-order chi connectivity index (χ1) is 9.61. The summed E-state index contributed by atoms with van der Waals surface area (Å²) < 4.78 is 0. The number of rotatable bonds is 6. The molecule has 0 saturated carbocycles. The van der Waals surface area contributed by atoms with Crippen LogP contribution in [0.5, 0.6) is 5.75 Å². The van der Waals surface area contributed by atoms with Crippen molar-refractivity contribution in [2.75, 3.05) is 33.7 Å². The molecule has 1 aliphatic rings. The summed E-state index contributed by atoms with van der Waals surface area (Å²) in [6.07, 6.45) is 4.80. The van der Waals surface area contributed by atoms with Crippen LogP contribution in [0.15, 0.2) is 18.2 Å². The Balaban J connectivity index is 2.19. The van der Waals surface area contributed by atoms with E-state index in [1.807, 2.05) is 12.1 Å². The fourth-order valence-electron chi connectivity index (χ4n) is 3.18. The summed E-state index contributed by atoms with van der Waals surface area (Å²) in [5.41, 5.74) is 2.77. The lowest BCUT2D eigenvalue weighted by Gasteiger charge is -2.36. The maximum absolute atomic E-state index is 9.81. The summed E-state index contributed by atoms with van der Waals surface area (Å²) in [5.74, 6) is 0.403. The Labute approximate surface area is 123 Å². The Morgan fingerprint density at radius 2 is 2.00 bits per heavy atom. The lowest BCUT2D eigenvalue weighted by molar-refractivity contribution is 0.163.